The number of phenols is 1. The van der Waals surface area contributed by atoms with Crippen LogP contribution in [0, 0.1) is 13.8 Å². The Morgan fingerprint density at radius 3 is 2.35 bits per heavy atom. The highest BCUT2D eigenvalue weighted by molar-refractivity contribution is 7.56. The fourth-order valence-corrected chi connectivity index (χ4v) is 4.97. The zero-order valence-corrected chi connectivity index (χ0v) is 17.0. The van der Waals surface area contributed by atoms with Gasteiger partial charge in [0.25, 0.3) is 0 Å². The van der Waals surface area contributed by atoms with Crippen LogP contribution >= 0.6 is 17.2 Å². The van der Waals surface area contributed by atoms with Gasteiger partial charge in [-0.1, -0.05) is 53.6 Å². The van der Waals surface area contributed by atoms with Crippen LogP contribution in [0.2, 0.25) is 0 Å². The molecule has 0 aromatic heterocycles. The van der Waals surface area contributed by atoms with Crippen molar-refractivity contribution in [3.05, 3.63) is 52.6 Å². The van der Waals surface area contributed by atoms with E-state index in [2.05, 4.69) is 64.7 Å². The molecule has 23 heavy (non-hydrogen) atoms. The molecule has 0 aliphatic rings. The topological polar surface area (TPSA) is 20.2 Å². The van der Waals surface area contributed by atoms with E-state index in [0.717, 1.165) is 25.6 Å². The second kappa shape index (κ2) is 7.33. The average molecular weight is 346 g/mol. The molecule has 0 radical (unpaired) electrons. The average Bonchev–Trinajstić information content (AvgIpc) is 2.46. The summed E-state index contributed by atoms with van der Waals surface area (Å²) < 4.78 is 0. The summed E-state index contributed by atoms with van der Waals surface area (Å²) in [5.41, 5.74) is 5.13. The Morgan fingerprint density at radius 2 is 1.74 bits per heavy atom. The minimum Gasteiger partial charge on any atom is -0.507 e. The van der Waals surface area contributed by atoms with Crippen molar-refractivity contribution in [2.75, 3.05) is 6.66 Å². The van der Waals surface area contributed by atoms with Gasteiger partial charge in [0.05, 0.1) is 0 Å². The minimum absolute atomic E-state index is 0.0943. The normalized spacial score (nSPS) is 12.8. The summed E-state index contributed by atoms with van der Waals surface area (Å²) in [6, 6.07) is 10.9. The van der Waals surface area contributed by atoms with Crippen LogP contribution in [0.3, 0.4) is 0 Å². The van der Waals surface area contributed by atoms with Crippen molar-refractivity contribution in [3.63, 3.8) is 0 Å². The number of aromatic hydroxyl groups is 1. The lowest BCUT2D eigenvalue weighted by molar-refractivity contribution is 0.474. The van der Waals surface area contributed by atoms with E-state index in [1.165, 1.54) is 22.0 Å². The highest BCUT2D eigenvalue weighted by Crippen LogP contribution is 2.31. The van der Waals surface area contributed by atoms with Crippen LogP contribution in [-0.2, 0) is 11.6 Å². The van der Waals surface area contributed by atoms with Gasteiger partial charge in [0, 0.05) is 5.30 Å². The van der Waals surface area contributed by atoms with Gasteiger partial charge in [0.2, 0.25) is 0 Å². The van der Waals surface area contributed by atoms with E-state index in [-0.39, 0.29) is 5.41 Å². The summed E-state index contributed by atoms with van der Waals surface area (Å²) in [4.78, 5) is 0. The fourth-order valence-electron chi connectivity index (χ4n) is 2.69. The van der Waals surface area contributed by atoms with Gasteiger partial charge in [-0.05, 0) is 65.7 Å². The van der Waals surface area contributed by atoms with Crippen LogP contribution in [0.4, 0.5) is 0 Å². The molecule has 0 aliphatic heterocycles. The quantitative estimate of drug-likeness (QED) is 0.793. The van der Waals surface area contributed by atoms with Crippen LogP contribution in [0.25, 0.3) is 0 Å². The standard InChI is InChI=1S/C20H28OP2/c1-13-8-7-9-15(12-22-6)19(13)23-17-11-16(20(3,4)5)10-14(2)18(17)21/h7-11,21-23H,12H2,1-6H3. The van der Waals surface area contributed by atoms with Crippen molar-refractivity contribution < 1.29 is 5.11 Å². The van der Waals surface area contributed by atoms with Gasteiger partial charge < -0.3 is 5.11 Å². The maximum absolute atomic E-state index is 10.6. The predicted octanol–water partition coefficient (Wildman–Crippen LogP) is 4.74. The molecule has 0 aliphatic carbocycles. The molecule has 0 amide bonds. The van der Waals surface area contributed by atoms with Crippen molar-refractivity contribution >= 4 is 27.8 Å². The maximum atomic E-state index is 10.6. The molecule has 3 heteroatoms. The smallest absolute Gasteiger partial charge is 0.126 e. The highest BCUT2D eigenvalue weighted by Gasteiger charge is 2.18. The second-order valence-corrected chi connectivity index (χ2v) is 9.55. The second-order valence-electron chi connectivity index (χ2n) is 7.20. The van der Waals surface area contributed by atoms with Gasteiger partial charge >= 0.3 is 0 Å². The lowest BCUT2D eigenvalue weighted by Crippen LogP contribution is -2.17. The maximum Gasteiger partial charge on any atom is 0.126 e. The van der Waals surface area contributed by atoms with E-state index in [0.29, 0.717) is 14.3 Å². The number of phenolic OH excluding ortho intramolecular Hbond substituents is 1. The number of hydrogen-bond acceptors (Lipinski definition) is 1. The molecule has 0 saturated carbocycles. The number of rotatable bonds is 4. The number of hydrogen-bond donors (Lipinski definition) is 1. The van der Waals surface area contributed by atoms with E-state index in [9.17, 15) is 5.11 Å². The third-order valence-electron chi connectivity index (χ3n) is 4.15. The molecule has 0 spiro atoms. The van der Waals surface area contributed by atoms with E-state index in [4.69, 9.17) is 0 Å². The Kier molecular flexibility index (Phi) is 5.88. The molecule has 0 bridgehead atoms. The SMILES string of the molecule is CPCc1cccc(C)c1Pc1cc(C(C)(C)C)cc(C)c1O. The summed E-state index contributed by atoms with van der Waals surface area (Å²) in [5, 5.41) is 13.0. The summed E-state index contributed by atoms with van der Waals surface area (Å²) in [5.74, 6) is 0.462. The summed E-state index contributed by atoms with van der Waals surface area (Å²) in [7, 11) is 1.42. The van der Waals surface area contributed by atoms with E-state index >= 15 is 0 Å². The predicted molar refractivity (Wildman–Crippen MR) is 108 cm³/mol. The van der Waals surface area contributed by atoms with E-state index < -0.39 is 0 Å². The first-order valence-electron chi connectivity index (χ1n) is 8.08. The molecule has 2 atom stereocenters. The minimum atomic E-state index is 0.0943. The van der Waals surface area contributed by atoms with Crippen molar-refractivity contribution in [1.29, 1.82) is 0 Å². The summed E-state index contributed by atoms with van der Waals surface area (Å²) in [6.07, 6.45) is 1.13. The molecule has 0 fully saturated rings. The van der Waals surface area contributed by atoms with Gasteiger partial charge in [0.15, 0.2) is 0 Å². The largest absolute Gasteiger partial charge is 0.507 e. The molecule has 0 saturated heterocycles. The van der Waals surface area contributed by atoms with Crippen LogP contribution in [0.1, 0.15) is 43.0 Å². The molecular weight excluding hydrogens is 318 g/mol. The summed E-state index contributed by atoms with van der Waals surface area (Å²) >= 11 is 0. The Hall–Kier alpha value is -0.900. The zero-order valence-electron chi connectivity index (χ0n) is 15.0. The third-order valence-corrected chi connectivity index (χ3v) is 6.50. The number of benzene rings is 2. The molecule has 1 nitrogen and oxygen atoms in total. The van der Waals surface area contributed by atoms with Gasteiger partial charge in [-0.3, -0.25) is 0 Å². The van der Waals surface area contributed by atoms with Crippen LogP contribution < -0.4 is 10.6 Å². The molecule has 0 heterocycles. The van der Waals surface area contributed by atoms with Crippen molar-refractivity contribution in [1.82, 2.24) is 0 Å². The summed E-state index contributed by atoms with van der Waals surface area (Å²) in [6.45, 7) is 13.1. The van der Waals surface area contributed by atoms with Gasteiger partial charge in [-0.2, -0.15) is 0 Å². The van der Waals surface area contributed by atoms with E-state index in [1.54, 1.807) is 0 Å². The molecule has 2 aromatic carbocycles. The van der Waals surface area contributed by atoms with Crippen molar-refractivity contribution in [2.24, 2.45) is 0 Å². The molecule has 2 aromatic rings. The number of aryl methyl sites for hydroxylation is 2. The Balaban J connectivity index is 2.51. The molecule has 1 N–H and O–H groups in total. The van der Waals surface area contributed by atoms with Crippen LogP contribution in [0.15, 0.2) is 30.3 Å². The Bertz CT molecular complexity index is 700. The fraction of sp³-hybridized carbons (Fsp3) is 0.400. The Morgan fingerprint density at radius 1 is 1.04 bits per heavy atom. The van der Waals surface area contributed by atoms with Crippen LogP contribution in [-0.4, -0.2) is 11.8 Å². The van der Waals surface area contributed by atoms with Crippen molar-refractivity contribution in [3.8, 4) is 5.75 Å². The van der Waals surface area contributed by atoms with E-state index in [1.807, 2.05) is 6.92 Å². The van der Waals surface area contributed by atoms with Crippen LogP contribution in [0.5, 0.6) is 5.75 Å². The first-order chi connectivity index (χ1) is 10.7. The molecule has 2 rings (SSSR count). The monoisotopic (exact) mass is 346 g/mol. The molecular formula is C20H28OP2. The molecule has 124 valence electrons. The lowest BCUT2D eigenvalue weighted by atomic mass is 9.86. The third kappa shape index (κ3) is 4.34. The van der Waals surface area contributed by atoms with Gasteiger partial charge in [-0.15, -0.1) is 8.58 Å². The van der Waals surface area contributed by atoms with Gasteiger partial charge in [0.1, 0.15) is 5.75 Å². The highest BCUT2D eigenvalue weighted by atomic mass is 31.1. The lowest BCUT2D eigenvalue weighted by Gasteiger charge is -2.22. The van der Waals surface area contributed by atoms with Crippen molar-refractivity contribution in [2.45, 2.75) is 46.2 Å². The first kappa shape index (κ1) is 18.4. The van der Waals surface area contributed by atoms with Gasteiger partial charge in [-0.25, -0.2) is 0 Å². The zero-order chi connectivity index (χ0) is 17.2. The first-order valence-corrected chi connectivity index (χ1v) is 10.8. The molecule has 2 unspecified atom stereocenters. The Labute approximate surface area is 144 Å².